The van der Waals surface area contributed by atoms with Gasteiger partial charge in [0.2, 0.25) is 5.91 Å². The lowest BCUT2D eigenvalue weighted by Gasteiger charge is -2.33. The molecule has 1 heterocycles. The molecule has 0 saturated carbocycles. The first kappa shape index (κ1) is 22.4. The van der Waals surface area contributed by atoms with Crippen LogP contribution in [-0.2, 0) is 14.3 Å². The van der Waals surface area contributed by atoms with Crippen LogP contribution in [0, 0.1) is 0 Å². The van der Waals surface area contributed by atoms with E-state index >= 15 is 0 Å². The molecule has 6 heteroatoms. The molecule has 1 amide bonds. The second kappa shape index (κ2) is 11.9. The van der Waals surface area contributed by atoms with Gasteiger partial charge in [0.1, 0.15) is 5.60 Å². The Bertz CT molecular complexity index is 498. The fourth-order valence-electron chi connectivity index (χ4n) is 2.85. The van der Waals surface area contributed by atoms with E-state index in [-0.39, 0.29) is 25.0 Å². The smallest absolute Gasteiger partial charge is 0.303 e. The van der Waals surface area contributed by atoms with Gasteiger partial charge in [-0.2, -0.15) is 0 Å². The van der Waals surface area contributed by atoms with Crippen LogP contribution in [0.4, 0.5) is 0 Å². The van der Waals surface area contributed by atoms with Crippen molar-refractivity contribution in [1.29, 1.82) is 0 Å². The third kappa shape index (κ3) is 9.15. The quantitative estimate of drug-likeness (QED) is 0.409. The van der Waals surface area contributed by atoms with E-state index in [4.69, 9.17) is 9.84 Å². The number of likely N-dealkylation sites (tertiary alicyclic amines) is 1. The lowest BCUT2D eigenvalue weighted by atomic mass is 9.98. The highest BCUT2D eigenvalue weighted by Gasteiger charge is 2.26. The minimum Gasteiger partial charge on any atom is -0.481 e. The van der Waals surface area contributed by atoms with E-state index in [1.165, 1.54) is 0 Å². The van der Waals surface area contributed by atoms with Gasteiger partial charge in [-0.05, 0) is 39.0 Å². The van der Waals surface area contributed by atoms with E-state index in [1.54, 1.807) is 13.0 Å². The molecule has 1 saturated heterocycles. The highest BCUT2D eigenvalue weighted by atomic mass is 16.5. The predicted molar refractivity (Wildman–Crippen MR) is 101 cm³/mol. The molecule has 1 aliphatic heterocycles. The van der Waals surface area contributed by atoms with Crippen LogP contribution in [0.2, 0.25) is 0 Å². The number of carbonyl (C=O) groups is 2. The van der Waals surface area contributed by atoms with Gasteiger partial charge in [0.05, 0.1) is 12.6 Å². The summed E-state index contributed by atoms with van der Waals surface area (Å²) in [7, 11) is 0. The minimum atomic E-state index is -1.05. The van der Waals surface area contributed by atoms with Gasteiger partial charge < -0.3 is 19.8 Å². The topological polar surface area (TPSA) is 87.1 Å². The Kier molecular flexibility index (Phi) is 10.2. The zero-order valence-electron chi connectivity index (χ0n) is 16.0. The number of nitrogens with zero attached hydrogens (tertiary/aromatic N) is 1. The Morgan fingerprint density at radius 3 is 2.88 bits per heavy atom. The number of aliphatic carboxylic acids is 1. The summed E-state index contributed by atoms with van der Waals surface area (Å²) >= 11 is 0. The van der Waals surface area contributed by atoms with Gasteiger partial charge in [0.15, 0.2) is 0 Å². The van der Waals surface area contributed by atoms with Crippen molar-refractivity contribution in [2.75, 3.05) is 19.8 Å². The Labute approximate surface area is 156 Å². The number of amides is 1. The third-order valence-electron chi connectivity index (χ3n) is 4.26. The van der Waals surface area contributed by atoms with Gasteiger partial charge in [-0.25, -0.2) is 0 Å². The number of carboxylic acids is 1. The van der Waals surface area contributed by atoms with Crippen LogP contribution in [0.3, 0.4) is 0 Å². The molecule has 0 radical (unpaired) electrons. The summed E-state index contributed by atoms with van der Waals surface area (Å²) in [6.07, 6.45) is 12.1. The Balaban J connectivity index is 2.55. The summed E-state index contributed by atoms with van der Waals surface area (Å²) in [4.78, 5) is 24.5. The Hall–Kier alpha value is -1.66. The second-order valence-electron chi connectivity index (χ2n) is 7.03. The van der Waals surface area contributed by atoms with Crippen LogP contribution in [0.15, 0.2) is 24.3 Å². The maximum Gasteiger partial charge on any atom is 0.303 e. The SMILES string of the molecule is CCCOCC(C)(O)/C=C/[C@H]1CCCC(=O)N1C/C=C\CCCC(=O)O. The van der Waals surface area contributed by atoms with Crippen LogP contribution in [-0.4, -0.2) is 58.4 Å². The Morgan fingerprint density at radius 1 is 1.42 bits per heavy atom. The predicted octanol–water partition coefficient (Wildman–Crippen LogP) is 2.91. The van der Waals surface area contributed by atoms with E-state index < -0.39 is 11.6 Å². The minimum absolute atomic E-state index is 0.0300. The van der Waals surface area contributed by atoms with Gasteiger partial charge in [-0.3, -0.25) is 9.59 Å². The lowest BCUT2D eigenvalue weighted by Crippen LogP contribution is -2.43. The number of carboxylic acid groups (broad SMARTS) is 1. The molecule has 0 aromatic carbocycles. The van der Waals surface area contributed by atoms with Gasteiger partial charge in [-0.1, -0.05) is 31.2 Å². The number of allylic oxidation sites excluding steroid dienone is 1. The largest absolute Gasteiger partial charge is 0.481 e. The molecule has 2 atom stereocenters. The van der Waals surface area contributed by atoms with Crippen LogP contribution < -0.4 is 0 Å². The molecule has 0 aromatic rings. The number of hydrogen-bond acceptors (Lipinski definition) is 4. The highest BCUT2D eigenvalue weighted by molar-refractivity contribution is 5.77. The van der Waals surface area contributed by atoms with Crippen molar-refractivity contribution in [3.8, 4) is 0 Å². The summed E-state index contributed by atoms with van der Waals surface area (Å²) in [5, 5.41) is 19.0. The fraction of sp³-hybridized carbons (Fsp3) is 0.700. The monoisotopic (exact) mass is 367 g/mol. The van der Waals surface area contributed by atoms with E-state index in [0.29, 0.717) is 32.4 Å². The fourth-order valence-corrected chi connectivity index (χ4v) is 2.85. The van der Waals surface area contributed by atoms with Crippen LogP contribution >= 0.6 is 0 Å². The molecule has 26 heavy (non-hydrogen) atoms. The van der Waals surface area contributed by atoms with Crippen LogP contribution in [0.5, 0.6) is 0 Å². The maximum absolute atomic E-state index is 12.2. The maximum atomic E-state index is 12.2. The number of rotatable bonds is 12. The standard InChI is InChI=1S/C20H33NO5/c1-3-15-26-16-20(2,25)13-12-17-9-8-10-18(22)21(17)14-7-5-4-6-11-19(23)24/h5,7,12-13,17,25H,3-4,6,8-11,14-16H2,1-2H3,(H,23,24)/b7-5-,13-12+/t17-,20?/m1/s1. The van der Waals surface area contributed by atoms with E-state index in [1.807, 2.05) is 30.1 Å². The Morgan fingerprint density at radius 2 is 2.19 bits per heavy atom. The molecule has 1 unspecified atom stereocenters. The number of aliphatic hydroxyl groups is 1. The first-order valence-corrected chi connectivity index (χ1v) is 9.51. The average Bonchev–Trinajstić information content (AvgIpc) is 2.57. The molecule has 6 nitrogen and oxygen atoms in total. The second-order valence-corrected chi connectivity index (χ2v) is 7.03. The summed E-state index contributed by atoms with van der Waals surface area (Å²) in [6, 6.07) is -0.0300. The number of piperidine rings is 1. The number of unbranched alkanes of at least 4 members (excludes halogenated alkanes) is 1. The van der Waals surface area contributed by atoms with Crippen LogP contribution in [0.1, 0.15) is 58.8 Å². The summed E-state index contributed by atoms with van der Waals surface area (Å²) in [6.45, 7) is 5.09. The first-order valence-electron chi connectivity index (χ1n) is 9.51. The number of hydrogen-bond donors (Lipinski definition) is 2. The molecule has 0 aliphatic carbocycles. The van der Waals surface area contributed by atoms with Crippen molar-refractivity contribution in [1.82, 2.24) is 4.90 Å². The molecular weight excluding hydrogens is 334 g/mol. The average molecular weight is 367 g/mol. The third-order valence-corrected chi connectivity index (χ3v) is 4.26. The van der Waals surface area contributed by atoms with Gasteiger partial charge in [0.25, 0.3) is 0 Å². The molecule has 2 N–H and O–H groups in total. The van der Waals surface area contributed by atoms with E-state index in [0.717, 1.165) is 19.3 Å². The van der Waals surface area contributed by atoms with Crippen molar-refractivity contribution in [3.05, 3.63) is 24.3 Å². The van der Waals surface area contributed by atoms with Crippen molar-refractivity contribution in [2.45, 2.75) is 70.4 Å². The molecule has 148 valence electrons. The molecule has 1 aliphatic rings. The van der Waals surface area contributed by atoms with Crippen molar-refractivity contribution in [2.24, 2.45) is 0 Å². The zero-order valence-corrected chi connectivity index (χ0v) is 16.0. The van der Waals surface area contributed by atoms with Gasteiger partial charge in [0, 0.05) is 26.0 Å². The van der Waals surface area contributed by atoms with Crippen molar-refractivity contribution in [3.63, 3.8) is 0 Å². The lowest BCUT2D eigenvalue weighted by molar-refractivity contribution is -0.137. The van der Waals surface area contributed by atoms with Crippen LogP contribution in [0.25, 0.3) is 0 Å². The summed E-state index contributed by atoms with van der Waals surface area (Å²) in [5.74, 6) is -0.673. The normalized spacial score (nSPS) is 20.8. The number of carbonyl (C=O) groups excluding carboxylic acids is 1. The molecule has 0 aromatic heterocycles. The van der Waals surface area contributed by atoms with E-state index in [2.05, 4.69) is 0 Å². The molecular formula is C20H33NO5. The van der Waals surface area contributed by atoms with Crippen molar-refractivity contribution < 1.29 is 24.5 Å². The molecule has 0 spiro atoms. The van der Waals surface area contributed by atoms with Gasteiger partial charge in [-0.15, -0.1) is 0 Å². The zero-order chi connectivity index (χ0) is 19.4. The molecule has 1 fully saturated rings. The highest BCUT2D eigenvalue weighted by Crippen LogP contribution is 2.20. The van der Waals surface area contributed by atoms with E-state index in [9.17, 15) is 14.7 Å². The van der Waals surface area contributed by atoms with Gasteiger partial charge >= 0.3 is 5.97 Å². The number of ether oxygens (including phenoxy) is 1. The molecule has 1 rings (SSSR count). The van der Waals surface area contributed by atoms with Crippen molar-refractivity contribution >= 4 is 11.9 Å². The molecule has 0 bridgehead atoms. The summed E-state index contributed by atoms with van der Waals surface area (Å²) < 4.78 is 5.42. The first-order chi connectivity index (χ1) is 12.4. The summed E-state index contributed by atoms with van der Waals surface area (Å²) in [5.41, 5.74) is -1.05.